The second kappa shape index (κ2) is 2.75. The van der Waals surface area contributed by atoms with Crippen LogP contribution in [0, 0.1) is 0 Å². The third kappa shape index (κ3) is 1.40. The van der Waals surface area contributed by atoms with Crippen molar-refractivity contribution in [3.05, 3.63) is 26.5 Å². The average molecular weight is 171 g/mol. The van der Waals surface area contributed by atoms with Gasteiger partial charge in [0.05, 0.1) is 0 Å². The lowest BCUT2D eigenvalue weighted by atomic mass is 10.6. The molecule has 1 aromatic rings. The standard InChI is InChI=1S/C5H5N3O2S/c1-8-3(2-11)6-4(9)5(10)7-8/h2H,1H3,(H,7,10). The lowest BCUT2D eigenvalue weighted by molar-refractivity contribution is 0.679. The van der Waals surface area contributed by atoms with Gasteiger partial charge in [-0.1, -0.05) is 12.2 Å². The number of nitrogens with zero attached hydrogens (tertiary/aromatic N) is 2. The van der Waals surface area contributed by atoms with E-state index in [1.165, 1.54) is 10.0 Å². The maximum atomic E-state index is 10.6. The molecular formula is C5H5N3O2S. The van der Waals surface area contributed by atoms with Crippen LogP contribution in [-0.4, -0.2) is 20.1 Å². The first-order valence-electron chi connectivity index (χ1n) is 2.77. The maximum absolute atomic E-state index is 10.6. The van der Waals surface area contributed by atoms with Gasteiger partial charge in [-0.3, -0.25) is 19.4 Å². The maximum Gasteiger partial charge on any atom is 0.338 e. The first-order chi connectivity index (χ1) is 5.15. The van der Waals surface area contributed by atoms with Gasteiger partial charge in [0.15, 0.2) is 5.82 Å². The topological polar surface area (TPSA) is 67.8 Å². The molecule has 1 N–H and O–H groups in total. The van der Waals surface area contributed by atoms with Crippen LogP contribution in [0.4, 0.5) is 0 Å². The zero-order chi connectivity index (χ0) is 8.43. The number of aromatic nitrogens is 3. The summed E-state index contributed by atoms with van der Waals surface area (Å²) in [6.07, 6.45) is 0. The molecule has 0 unspecified atom stereocenters. The molecule has 1 aromatic heterocycles. The third-order valence-electron chi connectivity index (χ3n) is 1.13. The first-order valence-corrected chi connectivity index (χ1v) is 3.25. The molecule has 6 heteroatoms. The summed E-state index contributed by atoms with van der Waals surface area (Å²) in [5, 5.41) is 3.47. The summed E-state index contributed by atoms with van der Waals surface area (Å²) in [6, 6.07) is 0. The fourth-order valence-corrected chi connectivity index (χ4v) is 0.803. The highest BCUT2D eigenvalue weighted by Gasteiger charge is 1.98. The Hall–Kier alpha value is -1.30. The molecule has 0 aliphatic carbocycles. The van der Waals surface area contributed by atoms with E-state index < -0.39 is 11.1 Å². The van der Waals surface area contributed by atoms with Crippen molar-refractivity contribution in [3.63, 3.8) is 0 Å². The van der Waals surface area contributed by atoms with Crippen LogP contribution in [0.2, 0.25) is 0 Å². The first kappa shape index (κ1) is 7.80. The van der Waals surface area contributed by atoms with Gasteiger partial charge >= 0.3 is 11.1 Å². The predicted molar refractivity (Wildman–Crippen MR) is 42.9 cm³/mol. The summed E-state index contributed by atoms with van der Waals surface area (Å²) in [6.45, 7) is 0. The van der Waals surface area contributed by atoms with E-state index in [1.54, 1.807) is 7.05 Å². The van der Waals surface area contributed by atoms with Crippen molar-refractivity contribution in [3.8, 4) is 0 Å². The molecule has 0 amide bonds. The Bertz CT molecular complexity index is 391. The molecule has 0 bridgehead atoms. The van der Waals surface area contributed by atoms with Crippen molar-refractivity contribution in [1.29, 1.82) is 0 Å². The predicted octanol–water partition coefficient (Wildman–Crippen LogP) is -1.18. The molecule has 0 saturated carbocycles. The van der Waals surface area contributed by atoms with Gasteiger partial charge in [-0.2, -0.15) is 4.98 Å². The third-order valence-corrected chi connectivity index (χ3v) is 1.34. The van der Waals surface area contributed by atoms with Gasteiger partial charge < -0.3 is 0 Å². The van der Waals surface area contributed by atoms with Crippen LogP contribution in [0.5, 0.6) is 0 Å². The van der Waals surface area contributed by atoms with E-state index in [4.69, 9.17) is 0 Å². The van der Waals surface area contributed by atoms with Crippen molar-refractivity contribution in [2.24, 2.45) is 7.05 Å². The van der Waals surface area contributed by atoms with E-state index in [9.17, 15) is 9.59 Å². The minimum absolute atomic E-state index is 0.268. The molecule has 0 saturated heterocycles. The van der Waals surface area contributed by atoms with Gasteiger partial charge in [-0.15, -0.1) is 0 Å². The summed E-state index contributed by atoms with van der Waals surface area (Å²) >= 11 is 4.54. The van der Waals surface area contributed by atoms with E-state index >= 15 is 0 Å². The average Bonchev–Trinajstić information content (AvgIpc) is 1.97. The van der Waals surface area contributed by atoms with Gasteiger partial charge in [0.25, 0.3) is 0 Å². The van der Waals surface area contributed by atoms with Gasteiger partial charge in [0.1, 0.15) is 0 Å². The highest BCUT2D eigenvalue weighted by Crippen LogP contribution is 1.76. The summed E-state index contributed by atoms with van der Waals surface area (Å²) < 4.78 is 1.29. The summed E-state index contributed by atoms with van der Waals surface area (Å²) in [7, 11) is 1.55. The molecular weight excluding hydrogens is 166 g/mol. The largest absolute Gasteiger partial charge is 0.338 e. The van der Waals surface area contributed by atoms with Crippen molar-refractivity contribution in [2.75, 3.05) is 0 Å². The Morgan fingerprint density at radius 3 is 2.82 bits per heavy atom. The molecule has 11 heavy (non-hydrogen) atoms. The minimum Gasteiger partial charge on any atom is -0.270 e. The summed E-state index contributed by atoms with van der Waals surface area (Å²) in [5.41, 5.74) is -1.56. The zero-order valence-corrected chi connectivity index (χ0v) is 6.51. The lowest BCUT2D eigenvalue weighted by Crippen LogP contribution is -2.34. The van der Waals surface area contributed by atoms with Crippen LogP contribution in [-0.2, 0) is 7.05 Å². The van der Waals surface area contributed by atoms with Crippen molar-refractivity contribution in [1.82, 2.24) is 14.8 Å². The molecule has 58 valence electrons. The number of nitrogens with one attached hydrogen (secondary N) is 1. The Labute approximate surface area is 66.7 Å². The highest BCUT2D eigenvalue weighted by atomic mass is 32.1. The van der Waals surface area contributed by atoms with Gasteiger partial charge in [0, 0.05) is 12.4 Å². The fraction of sp³-hybridized carbons (Fsp3) is 0.200. The van der Waals surface area contributed by atoms with Crippen LogP contribution >= 0.6 is 12.2 Å². The molecule has 0 aromatic carbocycles. The Morgan fingerprint density at radius 1 is 1.64 bits per heavy atom. The Balaban J connectivity index is 3.57. The van der Waals surface area contributed by atoms with E-state index in [0.29, 0.717) is 0 Å². The van der Waals surface area contributed by atoms with Gasteiger partial charge in [-0.05, 0) is 0 Å². The normalized spacial score (nSPS) is 9.55. The number of hydrogen-bond acceptors (Lipinski definition) is 4. The van der Waals surface area contributed by atoms with Crippen LogP contribution in [0.3, 0.4) is 0 Å². The molecule has 0 spiro atoms. The summed E-state index contributed by atoms with van der Waals surface area (Å²) in [5.74, 6) is 0.268. The Morgan fingerprint density at radius 2 is 2.27 bits per heavy atom. The van der Waals surface area contributed by atoms with E-state index in [2.05, 4.69) is 22.3 Å². The van der Waals surface area contributed by atoms with Gasteiger partial charge in [-0.25, -0.2) is 0 Å². The fourth-order valence-electron chi connectivity index (χ4n) is 0.593. The molecule has 1 heterocycles. The smallest absolute Gasteiger partial charge is 0.270 e. The van der Waals surface area contributed by atoms with Crippen LogP contribution in [0.1, 0.15) is 5.82 Å². The zero-order valence-electron chi connectivity index (χ0n) is 5.70. The molecule has 0 aliphatic rings. The number of thiocarbonyl (C=S) groups is 1. The number of aryl methyl sites for hydroxylation is 1. The van der Waals surface area contributed by atoms with Gasteiger partial charge in [0.2, 0.25) is 0 Å². The van der Waals surface area contributed by atoms with Crippen LogP contribution < -0.4 is 11.1 Å². The molecule has 0 fully saturated rings. The summed E-state index contributed by atoms with van der Waals surface area (Å²) in [4.78, 5) is 24.6. The number of rotatable bonds is 1. The minimum atomic E-state index is -0.820. The van der Waals surface area contributed by atoms with Crippen molar-refractivity contribution < 1.29 is 0 Å². The monoisotopic (exact) mass is 171 g/mol. The molecule has 0 atom stereocenters. The highest BCUT2D eigenvalue weighted by molar-refractivity contribution is 7.79. The SMILES string of the molecule is Cn1[nH]c(=O)c(=O)nc1C=S. The van der Waals surface area contributed by atoms with E-state index in [0.717, 1.165) is 0 Å². The van der Waals surface area contributed by atoms with Crippen LogP contribution in [0.15, 0.2) is 9.59 Å². The molecule has 5 nitrogen and oxygen atoms in total. The number of hydrogen-bond donors (Lipinski definition) is 1. The Kier molecular flexibility index (Phi) is 1.95. The molecule has 0 radical (unpaired) electrons. The second-order valence-electron chi connectivity index (χ2n) is 1.89. The van der Waals surface area contributed by atoms with Crippen molar-refractivity contribution in [2.45, 2.75) is 0 Å². The lowest BCUT2D eigenvalue weighted by Gasteiger charge is -1.98. The van der Waals surface area contributed by atoms with Crippen molar-refractivity contribution >= 4 is 17.6 Å². The quantitative estimate of drug-likeness (QED) is 0.426. The second-order valence-corrected chi connectivity index (χ2v) is 2.13. The number of H-pyrrole nitrogens is 1. The van der Waals surface area contributed by atoms with Crippen LogP contribution in [0.25, 0.3) is 0 Å². The number of aromatic amines is 1. The van der Waals surface area contributed by atoms with E-state index in [-0.39, 0.29) is 5.82 Å². The molecule has 0 aliphatic heterocycles. The van der Waals surface area contributed by atoms with E-state index in [1.807, 2.05) is 0 Å². The molecule has 1 rings (SSSR count).